The Morgan fingerprint density at radius 2 is 2.05 bits per heavy atom. The molecule has 2 fully saturated rings. The highest BCUT2D eigenvalue weighted by atomic mass is 32.2. The highest BCUT2D eigenvalue weighted by molar-refractivity contribution is 8.05. The fourth-order valence-corrected chi connectivity index (χ4v) is 4.60. The van der Waals surface area contributed by atoms with Crippen LogP contribution in [0.5, 0.6) is 0 Å². The summed E-state index contributed by atoms with van der Waals surface area (Å²) in [5.41, 5.74) is -0.153. The minimum Gasteiger partial charge on any atom is -0.465 e. The van der Waals surface area contributed by atoms with Crippen LogP contribution in [0.2, 0.25) is 19.6 Å². The average Bonchev–Trinajstić information content (AvgIpc) is 2.71. The average molecular weight is 360 g/mol. The zero-order valence-corrected chi connectivity index (χ0v) is 16.0. The van der Waals surface area contributed by atoms with Crippen molar-refractivity contribution in [3.63, 3.8) is 0 Å². The summed E-state index contributed by atoms with van der Waals surface area (Å²) in [5, 5.41) is 12.0. The molecule has 8 heteroatoms. The van der Waals surface area contributed by atoms with Crippen LogP contribution in [0, 0.1) is 5.92 Å². The number of β-lactam (4-membered cyclic amide) rings is 1. The third kappa shape index (κ3) is 2.90. The van der Waals surface area contributed by atoms with Crippen molar-refractivity contribution in [2.24, 2.45) is 5.92 Å². The molecule has 2 saturated heterocycles. The van der Waals surface area contributed by atoms with E-state index in [0.717, 1.165) is 0 Å². The number of carbonyl (C=O) groups is 2. The van der Waals surface area contributed by atoms with Gasteiger partial charge < -0.3 is 14.7 Å². The standard InChI is InChI=1S/C14H21NO4S2Si/c1-7(16)10-12(17)15-11(9(6-20)21-13(10)15)14(18)19-8(2)22(3,4)5/h7-8,10-11,13,16H,1-5H3/t7?,8?,10-,11?,13+/m0/s1. The van der Waals surface area contributed by atoms with Gasteiger partial charge in [-0.25, -0.2) is 4.79 Å². The number of amides is 1. The van der Waals surface area contributed by atoms with E-state index in [2.05, 4.69) is 24.7 Å². The normalized spacial score (nSPS) is 30.3. The number of thioether (sulfide) groups is 1. The smallest absolute Gasteiger partial charge is 0.334 e. The topological polar surface area (TPSA) is 66.8 Å². The second-order valence-electron chi connectivity index (χ2n) is 6.83. The fraction of sp³-hybridized carbons (Fsp3) is 0.714. The molecule has 0 aromatic heterocycles. The number of aliphatic hydroxyl groups excluding tert-OH is 1. The van der Waals surface area contributed by atoms with Crippen molar-refractivity contribution in [3.8, 4) is 0 Å². The first-order chi connectivity index (χ1) is 10.1. The van der Waals surface area contributed by atoms with Gasteiger partial charge in [0.05, 0.1) is 36.1 Å². The molecular formula is C14H21NO4S2Si. The molecule has 0 spiro atoms. The van der Waals surface area contributed by atoms with E-state index < -0.39 is 32.1 Å². The number of nitrogens with zero attached hydrogens (tertiary/aromatic N) is 1. The Morgan fingerprint density at radius 1 is 1.45 bits per heavy atom. The monoisotopic (exact) mass is 359 g/mol. The van der Waals surface area contributed by atoms with Crippen molar-refractivity contribution in [2.75, 3.05) is 0 Å². The lowest BCUT2D eigenvalue weighted by molar-refractivity contribution is -0.168. The van der Waals surface area contributed by atoms with Crippen LogP contribution in [0.15, 0.2) is 4.91 Å². The van der Waals surface area contributed by atoms with Gasteiger partial charge in [-0.3, -0.25) is 4.79 Å². The Bertz CT molecular complexity index is 554. The fourth-order valence-electron chi connectivity index (χ4n) is 2.40. The Hall–Kier alpha value is -0.663. The highest BCUT2D eigenvalue weighted by Gasteiger charge is 2.61. The van der Waals surface area contributed by atoms with E-state index in [1.165, 1.54) is 16.7 Å². The number of ether oxygens (including phenoxy) is 1. The van der Waals surface area contributed by atoms with Gasteiger partial charge in [0.1, 0.15) is 0 Å². The first-order valence-electron chi connectivity index (χ1n) is 7.22. The molecule has 1 amide bonds. The van der Waals surface area contributed by atoms with E-state index in [-0.39, 0.29) is 17.0 Å². The minimum absolute atomic E-state index is 0.153. The molecule has 0 aromatic rings. The van der Waals surface area contributed by atoms with Gasteiger partial charge in [-0.2, -0.15) is 0 Å². The van der Waals surface area contributed by atoms with E-state index in [1.54, 1.807) is 6.92 Å². The van der Waals surface area contributed by atoms with Crippen LogP contribution in [0.3, 0.4) is 0 Å². The Kier molecular flexibility index (Phi) is 4.90. The van der Waals surface area contributed by atoms with Crippen molar-refractivity contribution in [3.05, 3.63) is 4.91 Å². The van der Waals surface area contributed by atoms with Crippen LogP contribution in [0.25, 0.3) is 0 Å². The Balaban J connectivity index is 2.19. The molecule has 0 aliphatic carbocycles. The lowest BCUT2D eigenvalue weighted by atomic mass is 9.91. The third-order valence-electron chi connectivity index (χ3n) is 4.25. The van der Waals surface area contributed by atoms with Gasteiger partial charge in [0.2, 0.25) is 5.91 Å². The second kappa shape index (κ2) is 6.09. The third-order valence-corrected chi connectivity index (χ3v) is 8.50. The van der Waals surface area contributed by atoms with E-state index in [1.807, 2.05) is 6.92 Å². The van der Waals surface area contributed by atoms with Crippen molar-refractivity contribution in [2.45, 2.75) is 56.7 Å². The maximum Gasteiger partial charge on any atom is 0.334 e. The van der Waals surface area contributed by atoms with E-state index in [9.17, 15) is 14.7 Å². The van der Waals surface area contributed by atoms with Crippen molar-refractivity contribution in [1.82, 2.24) is 4.90 Å². The Labute approximate surface area is 141 Å². The maximum atomic E-state index is 12.5. The van der Waals surface area contributed by atoms with Crippen molar-refractivity contribution in [1.29, 1.82) is 0 Å². The van der Waals surface area contributed by atoms with E-state index >= 15 is 0 Å². The second-order valence-corrected chi connectivity index (χ2v) is 13.7. The maximum absolute atomic E-state index is 12.5. The summed E-state index contributed by atoms with van der Waals surface area (Å²) in [4.78, 5) is 26.7. The molecule has 122 valence electrons. The molecule has 5 nitrogen and oxygen atoms in total. The number of esters is 1. The SMILES string of the molecule is CC(O)[C@H]1C(=O)N2C(C(=O)OC(C)[Si](C)(C)C)C(=C=S)S[C@H]12. The van der Waals surface area contributed by atoms with E-state index in [0.29, 0.717) is 4.91 Å². The van der Waals surface area contributed by atoms with Gasteiger partial charge in [0, 0.05) is 0 Å². The molecule has 2 aliphatic heterocycles. The summed E-state index contributed by atoms with van der Waals surface area (Å²) >= 11 is 6.19. The highest BCUT2D eigenvalue weighted by Crippen LogP contribution is 2.50. The minimum atomic E-state index is -1.62. The molecule has 2 rings (SSSR count). The number of fused-ring (bicyclic) bond motifs is 1. The summed E-state index contributed by atoms with van der Waals surface area (Å²) in [6.07, 6.45) is -0.747. The zero-order chi connectivity index (χ0) is 16.8. The lowest BCUT2D eigenvalue weighted by Gasteiger charge is -2.44. The largest absolute Gasteiger partial charge is 0.465 e. The number of hydrogen-bond donors (Lipinski definition) is 1. The molecule has 0 saturated carbocycles. The Morgan fingerprint density at radius 3 is 2.50 bits per heavy atom. The summed E-state index contributed by atoms with van der Waals surface area (Å²) < 4.78 is 5.57. The number of aliphatic hydroxyl groups is 1. The van der Waals surface area contributed by atoms with Gasteiger partial charge >= 0.3 is 5.97 Å². The molecule has 2 heterocycles. The molecule has 0 radical (unpaired) electrons. The van der Waals surface area contributed by atoms with Gasteiger partial charge in [0.15, 0.2) is 6.04 Å². The van der Waals surface area contributed by atoms with Crippen molar-refractivity contribution < 1.29 is 19.4 Å². The van der Waals surface area contributed by atoms with Crippen LogP contribution < -0.4 is 0 Å². The van der Waals surface area contributed by atoms with Gasteiger partial charge in [-0.05, 0) is 31.1 Å². The molecular weight excluding hydrogens is 338 g/mol. The predicted molar refractivity (Wildman–Crippen MR) is 92.2 cm³/mol. The number of thiocarbonyl (C=S) groups is 1. The first kappa shape index (κ1) is 17.7. The predicted octanol–water partition coefficient (Wildman–Crippen LogP) is 1.56. The summed E-state index contributed by atoms with van der Waals surface area (Å²) in [6.45, 7) is 9.82. The van der Waals surface area contributed by atoms with E-state index in [4.69, 9.17) is 17.0 Å². The number of hydrogen-bond acceptors (Lipinski definition) is 6. The van der Waals surface area contributed by atoms with Crippen LogP contribution in [-0.2, 0) is 14.3 Å². The van der Waals surface area contributed by atoms with Crippen LogP contribution >= 0.6 is 24.0 Å². The zero-order valence-electron chi connectivity index (χ0n) is 13.3. The molecule has 3 unspecified atom stereocenters. The lowest BCUT2D eigenvalue weighted by Crippen LogP contribution is -2.64. The van der Waals surface area contributed by atoms with Crippen LogP contribution in [0.4, 0.5) is 0 Å². The van der Waals surface area contributed by atoms with Gasteiger partial charge in [-0.15, -0.1) is 0 Å². The molecule has 0 aromatic carbocycles. The molecule has 1 N–H and O–H groups in total. The molecule has 2 aliphatic rings. The first-order valence-corrected chi connectivity index (χ1v) is 12.1. The van der Waals surface area contributed by atoms with Crippen LogP contribution in [0.1, 0.15) is 13.8 Å². The molecule has 0 bridgehead atoms. The quantitative estimate of drug-likeness (QED) is 0.356. The van der Waals surface area contributed by atoms with Crippen LogP contribution in [-0.4, -0.2) is 58.2 Å². The number of carbonyl (C=O) groups excluding carboxylic acids is 2. The van der Waals surface area contributed by atoms with Gasteiger partial charge in [-0.1, -0.05) is 31.4 Å². The molecule has 22 heavy (non-hydrogen) atoms. The summed E-state index contributed by atoms with van der Waals surface area (Å²) in [6, 6.07) is -0.797. The van der Waals surface area contributed by atoms with Crippen molar-refractivity contribution >= 4 is 49.0 Å². The van der Waals surface area contributed by atoms with Gasteiger partial charge in [0.25, 0.3) is 0 Å². The summed E-state index contributed by atoms with van der Waals surface area (Å²) in [7, 11) is -1.62. The summed E-state index contributed by atoms with van der Waals surface area (Å²) in [5.74, 6) is -1.17. The molecule has 5 atom stereocenters. The number of rotatable bonds is 4.